The number of alkyl halides is 2. The molecule has 0 saturated carbocycles. The van der Waals surface area contributed by atoms with Crippen molar-refractivity contribution in [2.45, 2.75) is 18.8 Å². The molecule has 0 spiro atoms. The molecule has 0 amide bonds. The molecule has 29 heavy (non-hydrogen) atoms. The number of aromatic nitrogens is 1. The topological polar surface area (TPSA) is 104 Å². The van der Waals surface area contributed by atoms with E-state index in [9.17, 15) is 8.78 Å². The second-order valence-electron chi connectivity index (χ2n) is 6.93. The maximum Gasteiger partial charge on any atom is 0.251 e. The van der Waals surface area contributed by atoms with Crippen molar-refractivity contribution in [1.82, 2.24) is 4.98 Å². The Labute approximate surface area is 168 Å². The minimum atomic E-state index is -2.62. The number of pyridine rings is 1. The van der Waals surface area contributed by atoms with Gasteiger partial charge in [-0.05, 0) is 29.8 Å². The van der Waals surface area contributed by atoms with E-state index in [4.69, 9.17) is 16.9 Å². The SMILES string of the molecule is CN=CC(=CN)c1ccc(N)c(C(=N)c2ccnc(N3CCC(F)(F)CC3)c2)c1. The number of piperidine rings is 1. The Morgan fingerprint density at radius 3 is 2.59 bits per heavy atom. The summed E-state index contributed by atoms with van der Waals surface area (Å²) in [5, 5.41) is 8.65. The molecule has 8 heteroatoms. The predicted octanol–water partition coefficient (Wildman–Crippen LogP) is 3.32. The van der Waals surface area contributed by atoms with Gasteiger partial charge in [0.1, 0.15) is 5.82 Å². The van der Waals surface area contributed by atoms with Crippen LogP contribution in [0.25, 0.3) is 5.57 Å². The first-order valence-corrected chi connectivity index (χ1v) is 9.27. The first-order valence-electron chi connectivity index (χ1n) is 9.27. The number of hydrogen-bond acceptors (Lipinski definition) is 6. The lowest BCUT2D eigenvalue weighted by Gasteiger charge is -2.32. The molecular weight excluding hydrogens is 374 g/mol. The number of nitrogens with two attached hydrogens (primary N) is 2. The molecule has 0 radical (unpaired) electrons. The molecule has 0 unspecified atom stereocenters. The van der Waals surface area contributed by atoms with Crippen LogP contribution in [0, 0.1) is 5.41 Å². The van der Waals surface area contributed by atoms with Crippen molar-refractivity contribution >= 4 is 29.0 Å². The normalized spacial score (nSPS) is 16.9. The highest BCUT2D eigenvalue weighted by Gasteiger charge is 2.34. The molecule has 5 N–H and O–H groups in total. The van der Waals surface area contributed by atoms with Crippen LogP contribution in [-0.2, 0) is 0 Å². The summed E-state index contributed by atoms with van der Waals surface area (Å²) >= 11 is 0. The molecule has 1 aliphatic heterocycles. The van der Waals surface area contributed by atoms with E-state index < -0.39 is 5.92 Å². The molecule has 152 valence electrons. The molecule has 0 bridgehead atoms. The molecule has 1 aromatic carbocycles. The summed E-state index contributed by atoms with van der Waals surface area (Å²) in [4.78, 5) is 10.1. The van der Waals surface area contributed by atoms with Gasteiger partial charge >= 0.3 is 0 Å². The average molecular weight is 398 g/mol. The summed E-state index contributed by atoms with van der Waals surface area (Å²) in [7, 11) is 1.65. The van der Waals surface area contributed by atoms with Crippen LogP contribution >= 0.6 is 0 Å². The monoisotopic (exact) mass is 398 g/mol. The molecule has 0 aliphatic carbocycles. The molecule has 1 aliphatic rings. The van der Waals surface area contributed by atoms with Crippen LogP contribution < -0.4 is 16.4 Å². The third-order valence-corrected chi connectivity index (χ3v) is 4.96. The number of hydrogen-bond donors (Lipinski definition) is 3. The van der Waals surface area contributed by atoms with Gasteiger partial charge in [-0.15, -0.1) is 0 Å². The van der Waals surface area contributed by atoms with Crippen molar-refractivity contribution in [2.75, 3.05) is 30.8 Å². The fraction of sp³-hybridized carbons (Fsp3) is 0.286. The van der Waals surface area contributed by atoms with Crippen LogP contribution in [0.3, 0.4) is 0 Å². The van der Waals surface area contributed by atoms with E-state index in [0.29, 0.717) is 28.2 Å². The van der Waals surface area contributed by atoms with Gasteiger partial charge in [0.05, 0.1) is 5.71 Å². The Bertz CT molecular complexity index is 957. The standard InChI is InChI=1S/C21H24F2N6/c1-27-13-16(12-24)14-2-3-18(25)17(10-14)20(26)15-4-7-28-19(11-15)29-8-5-21(22,23)6-9-29/h2-4,7,10-13,26H,5-6,8-9,24-25H2,1H3. The Morgan fingerprint density at radius 1 is 1.21 bits per heavy atom. The van der Waals surface area contributed by atoms with E-state index in [-0.39, 0.29) is 31.6 Å². The number of nitrogen functional groups attached to an aromatic ring is 1. The van der Waals surface area contributed by atoms with Crippen LogP contribution in [0.15, 0.2) is 47.7 Å². The second kappa shape index (κ2) is 8.38. The van der Waals surface area contributed by atoms with Crippen molar-refractivity contribution in [3.63, 3.8) is 0 Å². The Kier molecular flexibility index (Phi) is 5.91. The number of rotatable bonds is 5. The van der Waals surface area contributed by atoms with Gasteiger partial charge in [-0.3, -0.25) is 10.4 Å². The van der Waals surface area contributed by atoms with Crippen LogP contribution in [0.4, 0.5) is 20.3 Å². The quantitative estimate of drug-likeness (QED) is 0.531. The van der Waals surface area contributed by atoms with E-state index in [1.54, 1.807) is 43.7 Å². The molecule has 6 nitrogen and oxygen atoms in total. The van der Waals surface area contributed by atoms with Crippen molar-refractivity contribution in [1.29, 1.82) is 5.41 Å². The van der Waals surface area contributed by atoms with E-state index in [2.05, 4.69) is 9.98 Å². The van der Waals surface area contributed by atoms with Gasteiger partial charge < -0.3 is 16.4 Å². The van der Waals surface area contributed by atoms with Gasteiger partial charge in [-0.2, -0.15) is 0 Å². The zero-order chi connectivity index (χ0) is 21.0. The molecule has 0 atom stereocenters. The lowest BCUT2D eigenvalue weighted by atomic mass is 9.97. The summed E-state index contributed by atoms with van der Waals surface area (Å²) < 4.78 is 26.9. The van der Waals surface area contributed by atoms with Crippen LogP contribution in [0.5, 0.6) is 0 Å². The minimum Gasteiger partial charge on any atom is -0.404 e. The molecule has 1 aromatic heterocycles. The summed E-state index contributed by atoms with van der Waals surface area (Å²) in [5.74, 6) is -2.04. The second-order valence-corrected chi connectivity index (χ2v) is 6.93. The number of halogens is 2. The number of allylic oxidation sites excluding steroid dienone is 1. The fourth-order valence-electron chi connectivity index (χ4n) is 3.27. The summed E-state index contributed by atoms with van der Waals surface area (Å²) in [5.41, 5.74) is 15.1. The number of benzene rings is 1. The Morgan fingerprint density at radius 2 is 1.93 bits per heavy atom. The van der Waals surface area contributed by atoms with Gasteiger partial charge in [0.15, 0.2) is 0 Å². The number of anilines is 2. The molecule has 1 fully saturated rings. The largest absolute Gasteiger partial charge is 0.404 e. The maximum absolute atomic E-state index is 13.4. The first-order chi connectivity index (χ1) is 13.8. The van der Waals surface area contributed by atoms with E-state index in [1.807, 2.05) is 11.0 Å². The zero-order valence-corrected chi connectivity index (χ0v) is 16.2. The van der Waals surface area contributed by atoms with E-state index in [1.165, 1.54) is 6.20 Å². The van der Waals surface area contributed by atoms with Crippen LogP contribution in [0.2, 0.25) is 0 Å². The Balaban J connectivity index is 1.89. The van der Waals surface area contributed by atoms with Crippen LogP contribution in [0.1, 0.15) is 29.5 Å². The average Bonchev–Trinajstić information content (AvgIpc) is 2.72. The predicted molar refractivity (Wildman–Crippen MR) is 114 cm³/mol. The maximum atomic E-state index is 13.4. The van der Waals surface area contributed by atoms with Crippen molar-refractivity contribution in [3.8, 4) is 0 Å². The van der Waals surface area contributed by atoms with Gasteiger partial charge in [0, 0.05) is 74.0 Å². The van der Waals surface area contributed by atoms with Gasteiger partial charge in [0.2, 0.25) is 0 Å². The van der Waals surface area contributed by atoms with Crippen molar-refractivity contribution in [3.05, 3.63) is 59.4 Å². The first kappa shape index (κ1) is 20.4. The fourth-order valence-corrected chi connectivity index (χ4v) is 3.27. The molecular formula is C21H24F2N6. The molecule has 2 aromatic rings. The number of nitrogens with zero attached hydrogens (tertiary/aromatic N) is 3. The summed E-state index contributed by atoms with van der Waals surface area (Å²) in [6, 6.07) is 8.79. The third-order valence-electron chi connectivity index (χ3n) is 4.96. The molecule has 2 heterocycles. The van der Waals surface area contributed by atoms with Gasteiger partial charge in [0.25, 0.3) is 5.92 Å². The lowest BCUT2D eigenvalue weighted by molar-refractivity contribution is -0.0221. The lowest BCUT2D eigenvalue weighted by Crippen LogP contribution is -2.39. The highest BCUT2D eigenvalue weighted by molar-refractivity contribution is 6.16. The highest BCUT2D eigenvalue weighted by Crippen LogP contribution is 2.30. The Hall–Kier alpha value is -3.29. The van der Waals surface area contributed by atoms with Crippen molar-refractivity contribution in [2.24, 2.45) is 10.7 Å². The number of aliphatic imine (C=N–C) groups is 1. The zero-order valence-electron chi connectivity index (χ0n) is 16.2. The van der Waals surface area contributed by atoms with Crippen LogP contribution in [-0.4, -0.2) is 43.0 Å². The van der Waals surface area contributed by atoms with E-state index >= 15 is 0 Å². The van der Waals surface area contributed by atoms with Gasteiger partial charge in [-0.25, -0.2) is 13.8 Å². The molecule has 3 rings (SSSR count). The van der Waals surface area contributed by atoms with Crippen molar-refractivity contribution < 1.29 is 8.78 Å². The highest BCUT2D eigenvalue weighted by atomic mass is 19.3. The third kappa shape index (κ3) is 4.59. The molecule has 1 saturated heterocycles. The summed E-state index contributed by atoms with van der Waals surface area (Å²) in [6.45, 7) is 0.463. The smallest absolute Gasteiger partial charge is 0.251 e. The van der Waals surface area contributed by atoms with E-state index in [0.717, 1.165) is 5.56 Å². The number of nitrogens with one attached hydrogen (secondary N) is 1. The minimum absolute atomic E-state index is 0.196. The summed E-state index contributed by atoms with van der Waals surface area (Å²) in [6.07, 6.45) is 4.27. The van der Waals surface area contributed by atoms with Gasteiger partial charge in [-0.1, -0.05) is 6.07 Å².